The minimum Gasteiger partial charge on any atom is -0.355 e. The predicted molar refractivity (Wildman–Crippen MR) is 179 cm³/mol. The van der Waals surface area contributed by atoms with Crippen LogP contribution >= 0.6 is 15.9 Å². The van der Waals surface area contributed by atoms with Gasteiger partial charge in [0.15, 0.2) is 0 Å². The van der Waals surface area contributed by atoms with Crippen LogP contribution in [0.1, 0.15) is 34.7 Å². The highest BCUT2D eigenvalue weighted by Crippen LogP contribution is 2.29. The fourth-order valence-corrected chi connectivity index (χ4v) is 7.04. The van der Waals surface area contributed by atoms with Gasteiger partial charge in [0.25, 0.3) is 10.0 Å². The van der Waals surface area contributed by atoms with Gasteiger partial charge in [-0.25, -0.2) is 8.42 Å². The molecular formula is C35H38BrN3O4S. The summed E-state index contributed by atoms with van der Waals surface area (Å²) < 4.78 is 30.4. The van der Waals surface area contributed by atoms with Crippen molar-refractivity contribution in [2.45, 2.75) is 51.6 Å². The van der Waals surface area contributed by atoms with Gasteiger partial charge in [0.05, 0.1) is 10.6 Å². The maximum Gasteiger partial charge on any atom is 0.264 e. The number of carbonyl (C=O) groups is 2. The molecule has 44 heavy (non-hydrogen) atoms. The molecule has 0 radical (unpaired) electrons. The second-order valence-corrected chi connectivity index (χ2v) is 13.6. The molecule has 230 valence electrons. The number of nitrogens with zero attached hydrogens (tertiary/aromatic N) is 2. The Morgan fingerprint density at radius 2 is 1.48 bits per heavy atom. The van der Waals surface area contributed by atoms with Crippen molar-refractivity contribution in [3.05, 3.63) is 129 Å². The number of aryl methyl sites for hydroxylation is 3. The Morgan fingerprint density at radius 1 is 0.818 bits per heavy atom. The predicted octanol–water partition coefficient (Wildman–Crippen LogP) is 6.35. The molecule has 0 saturated carbocycles. The molecule has 9 heteroatoms. The van der Waals surface area contributed by atoms with Crippen LogP contribution in [0.2, 0.25) is 0 Å². The van der Waals surface area contributed by atoms with Crippen LogP contribution < -0.4 is 9.62 Å². The standard InChI is InChI=1S/C35H38BrN3O4S/c1-5-37-35(41)33(22-28-10-7-6-8-11-28)38(23-29-12-9-13-30(36)21-29)34(40)24-39(32-19-16-26(3)20-27(32)4)44(42,43)31-17-14-25(2)15-18-31/h6-21,33H,5,22-24H2,1-4H3,(H,37,41)/t33-/m1/s1. The Kier molecular flexibility index (Phi) is 11.0. The summed E-state index contributed by atoms with van der Waals surface area (Å²) in [4.78, 5) is 29.7. The first-order valence-corrected chi connectivity index (χ1v) is 16.7. The second kappa shape index (κ2) is 14.7. The molecule has 4 rings (SSSR count). The molecule has 1 atom stereocenters. The fraction of sp³-hybridized carbons (Fsp3) is 0.257. The molecular weight excluding hydrogens is 638 g/mol. The van der Waals surface area contributed by atoms with Crippen LogP contribution in [-0.4, -0.2) is 44.3 Å². The molecule has 7 nitrogen and oxygen atoms in total. The molecule has 0 aliphatic carbocycles. The first-order valence-electron chi connectivity index (χ1n) is 14.5. The zero-order valence-electron chi connectivity index (χ0n) is 25.5. The molecule has 0 aromatic heterocycles. The number of anilines is 1. The van der Waals surface area contributed by atoms with Crippen molar-refractivity contribution in [1.29, 1.82) is 0 Å². The lowest BCUT2D eigenvalue weighted by atomic mass is 10.0. The Morgan fingerprint density at radius 3 is 2.11 bits per heavy atom. The van der Waals surface area contributed by atoms with Gasteiger partial charge in [-0.1, -0.05) is 93.8 Å². The summed E-state index contributed by atoms with van der Waals surface area (Å²) in [5.74, 6) is -0.799. The van der Waals surface area contributed by atoms with E-state index < -0.39 is 28.5 Å². The van der Waals surface area contributed by atoms with Gasteiger partial charge < -0.3 is 10.2 Å². The lowest BCUT2D eigenvalue weighted by Gasteiger charge is -2.34. The first-order chi connectivity index (χ1) is 21.0. The SMILES string of the molecule is CCNC(=O)[C@@H](Cc1ccccc1)N(Cc1cccc(Br)c1)C(=O)CN(c1ccc(C)cc1C)S(=O)(=O)c1ccc(C)cc1. The minimum atomic E-state index is -4.15. The molecule has 4 aromatic carbocycles. The van der Waals surface area contributed by atoms with Crippen LogP contribution in [0, 0.1) is 20.8 Å². The van der Waals surface area contributed by atoms with Crippen LogP contribution in [-0.2, 0) is 32.6 Å². The van der Waals surface area contributed by atoms with Gasteiger partial charge in [0.2, 0.25) is 11.8 Å². The van der Waals surface area contributed by atoms with Crippen molar-refractivity contribution in [3.63, 3.8) is 0 Å². The van der Waals surface area contributed by atoms with Gasteiger partial charge in [-0.2, -0.15) is 0 Å². The first kappa shape index (κ1) is 33.0. The normalized spacial score (nSPS) is 11.9. The Hall–Kier alpha value is -3.95. The summed E-state index contributed by atoms with van der Waals surface area (Å²) in [6, 6.07) is 28.2. The van der Waals surface area contributed by atoms with E-state index in [0.29, 0.717) is 12.2 Å². The zero-order valence-corrected chi connectivity index (χ0v) is 27.9. The van der Waals surface area contributed by atoms with E-state index in [1.807, 2.05) is 94.4 Å². The van der Waals surface area contributed by atoms with E-state index in [1.165, 1.54) is 9.21 Å². The molecule has 2 amide bonds. The van der Waals surface area contributed by atoms with E-state index in [2.05, 4.69) is 21.2 Å². The average molecular weight is 677 g/mol. The molecule has 0 saturated heterocycles. The minimum absolute atomic E-state index is 0.0824. The van der Waals surface area contributed by atoms with Crippen molar-refractivity contribution < 1.29 is 18.0 Å². The van der Waals surface area contributed by atoms with Crippen LogP contribution in [0.3, 0.4) is 0 Å². The molecule has 0 unspecified atom stereocenters. The van der Waals surface area contributed by atoms with Gasteiger partial charge in [0, 0.05) is 24.0 Å². The van der Waals surface area contributed by atoms with Gasteiger partial charge in [-0.15, -0.1) is 0 Å². The second-order valence-electron chi connectivity index (χ2n) is 10.9. The third kappa shape index (κ3) is 8.15. The smallest absolute Gasteiger partial charge is 0.264 e. The van der Waals surface area contributed by atoms with Crippen LogP contribution in [0.4, 0.5) is 5.69 Å². The van der Waals surface area contributed by atoms with Crippen LogP contribution in [0.15, 0.2) is 106 Å². The number of amides is 2. The largest absolute Gasteiger partial charge is 0.355 e. The van der Waals surface area contributed by atoms with E-state index in [4.69, 9.17) is 0 Å². The average Bonchev–Trinajstić information content (AvgIpc) is 2.99. The van der Waals surface area contributed by atoms with Crippen molar-refractivity contribution in [2.24, 2.45) is 0 Å². The third-order valence-electron chi connectivity index (χ3n) is 7.37. The number of sulfonamides is 1. The number of likely N-dealkylation sites (N-methyl/N-ethyl adjacent to an activating group) is 1. The number of rotatable bonds is 12. The molecule has 0 aliphatic heterocycles. The van der Waals surface area contributed by atoms with Crippen molar-refractivity contribution in [1.82, 2.24) is 10.2 Å². The fourth-order valence-electron chi connectivity index (χ4n) is 5.11. The molecule has 0 bridgehead atoms. The van der Waals surface area contributed by atoms with Gasteiger partial charge in [-0.3, -0.25) is 13.9 Å². The lowest BCUT2D eigenvalue weighted by Crippen LogP contribution is -2.53. The highest BCUT2D eigenvalue weighted by molar-refractivity contribution is 9.10. The van der Waals surface area contributed by atoms with Gasteiger partial charge in [0.1, 0.15) is 12.6 Å². The molecule has 0 fully saturated rings. The molecule has 4 aromatic rings. The molecule has 1 N–H and O–H groups in total. The van der Waals surface area contributed by atoms with E-state index in [0.717, 1.165) is 32.3 Å². The quantitative estimate of drug-likeness (QED) is 0.190. The Balaban J connectivity index is 1.82. The van der Waals surface area contributed by atoms with Crippen molar-refractivity contribution in [2.75, 3.05) is 17.4 Å². The van der Waals surface area contributed by atoms with Crippen molar-refractivity contribution >= 4 is 43.5 Å². The number of hydrogen-bond acceptors (Lipinski definition) is 4. The van der Waals surface area contributed by atoms with Crippen molar-refractivity contribution in [3.8, 4) is 0 Å². The van der Waals surface area contributed by atoms with E-state index in [9.17, 15) is 18.0 Å². The van der Waals surface area contributed by atoms with Gasteiger partial charge in [-0.05, 0) is 74.7 Å². The van der Waals surface area contributed by atoms with E-state index in [-0.39, 0.29) is 23.8 Å². The van der Waals surface area contributed by atoms with Crippen LogP contribution in [0.5, 0.6) is 0 Å². The topological polar surface area (TPSA) is 86.8 Å². The summed E-state index contributed by atoms with van der Waals surface area (Å²) in [7, 11) is -4.15. The highest BCUT2D eigenvalue weighted by atomic mass is 79.9. The summed E-state index contributed by atoms with van der Waals surface area (Å²) in [5.41, 5.74) is 4.70. The highest BCUT2D eigenvalue weighted by Gasteiger charge is 2.35. The molecule has 0 aliphatic rings. The number of nitrogens with one attached hydrogen (secondary N) is 1. The van der Waals surface area contributed by atoms with Gasteiger partial charge >= 0.3 is 0 Å². The maximum absolute atomic E-state index is 14.5. The van der Waals surface area contributed by atoms with E-state index in [1.54, 1.807) is 30.3 Å². The summed E-state index contributed by atoms with van der Waals surface area (Å²) >= 11 is 3.51. The number of halogens is 1. The molecule has 0 spiro atoms. The maximum atomic E-state index is 14.5. The number of benzene rings is 4. The summed E-state index contributed by atoms with van der Waals surface area (Å²) in [5, 5.41) is 2.89. The zero-order chi connectivity index (χ0) is 31.9. The number of carbonyl (C=O) groups excluding carboxylic acids is 2. The monoisotopic (exact) mass is 675 g/mol. The van der Waals surface area contributed by atoms with E-state index >= 15 is 0 Å². The summed E-state index contributed by atoms with van der Waals surface area (Å²) in [6.45, 7) is 7.48. The third-order valence-corrected chi connectivity index (χ3v) is 9.64. The summed E-state index contributed by atoms with van der Waals surface area (Å²) in [6.07, 6.45) is 0.265. The number of hydrogen-bond donors (Lipinski definition) is 1. The van der Waals surface area contributed by atoms with Crippen LogP contribution in [0.25, 0.3) is 0 Å². The Labute approximate surface area is 269 Å². The Bertz CT molecular complexity index is 1710. The molecule has 0 heterocycles. The lowest BCUT2D eigenvalue weighted by molar-refractivity contribution is -0.140.